The highest BCUT2D eigenvalue weighted by molar-refractivity contribution is 9.13. The third kappa shape index (κ3) is 4.63. The molecule has 0 aliphatic heterocycles. The van der Waals surface area contributed by atoms with Crippen LogP contribution < -0.4 is 9.47 Å². The van der Waals surface area contributed by atoms with Crippen molar-refractivity contribution in [2.24, 2.45) is 0 Å². The van der Waals surface area contributed by atoms with Crippen molar-refractivity contribution in [1.82, 2.24) is 0 Å². The molecule has 0 fully saturated rings. The number of rotatable bonds is 5. The Hall–Kier alpha value is -1.89. The molecule has 0 N–H and O–H groups in total. The van der Waals surface area contributed by atoms with E-state index >= 15 is 0 Å². The van der Waals surface area contributed by atoms with Crippen LogP contribution in [0.4, 0.5) is 0 Å². The smallest absolute Gasteiger partial charge is 0.353 e. The van der Waals surface area contributed by atoms with Gasteiger partial charge in [0.15, 0.2) is 11.5 Å². The summed E-state index contributed by atoms with van der Waals surface area (Å²) in [5, 5.41) is 0. The number of carbonyl (C=O) groups is 1. The molecule has 0 amide bonds. The Kier molecular flexibility index (Phi) is 6.29. The SMILES string of the molecule is COc1cc(/C=C/c2ccccc2)ccc1OC(=O)c1cc(Br)c(Br)s1. The average Bonchev–Trinajstić information content (AvgIpc) is 3.00. The molecule has 0 atom stereocenters. The van der Waals surface area contributed by atoms with Gasteiger partial charge < -0.3 is 9.47 Å². The second-order valence-electron chi connectivity index (χ2n) is 5.28. The first kappa shape index (κ1) is 18.9. The molecule has 6 heteroatoms. The van der Waals surface area contributed by atoms with E-state index in [2.05, 4.69) is 31.9 Å². The first-order valence-corrected chi connectivity index (χ1v) is 10.1. The minimum absolute atomic E-state index is 0.384. The zero-order valence-electron chi connectivity index (χ0n) is 13.7. The normalized spacial score (nSPS) is 10.9. The maximum absolute atomic E-state index is 12.3. The number of halogens is 2. The van der Waals surface area contributed by atoms with Gasteiger partial charge in [-0.15, -0.1) is 11.3 Å². The fourth-order valence-corrected chi connectivity index (χ4v) is 4.14. The second kappa shape index (κ2) is 8.66. The predicted molar refractivity (Wildman–Crippen MR) is 113 cm³/mol. The van der Waals surface area contributed by atoms with Crippen molar-refractivity contribution in [3.8, 4) is 11.5 Å². The lowest BCUT2D eigenvalue weighted by Gasteiger charge is -2.09. The lowest BCUT2D eigenvalue weighted by atomic mass is 10.1. The fraction of sp³-hybridized carbons (Fsp3) is 0.0500. The molecule has 1 heterocycles. The summed E-state index contributed by atoms with van der Waals surface area (Å²) in [6.07, 6.45) is 4.00. The summed E-state index contributed by atoms with van der Waals surface area (Å²) in [7, 11) is 1.55. The van der Waals surface area contributed by atoms with Gasteiger partial charge in [0.05, 0.1) is 10.9 Å². The van der Waals surface area contributed by atoms with Gasteiger partial charge in [-0.1, -0.05) is 48.6 Å². The molecule has 0 radical (unpaired) electrons. The van der Waals surface area contributed by atoms with Crippen LogP contribution in [-0.4, -0.2) is 13.1 Å². The molecule has 1 aromatic heterocycles. The van der Waals surface area contributed by atoms with Gasteiger partial charge in [0.2, 0.25) is 0 Å². The van der Waals surface area contributed by atoms with Crippen LogP contribution in [0, 0.1) is 0 Å². The van der Waals surface area contributed by atoms with Crippen molar-refractivity contribution in [3.63, 3.8) is 0 Å². The zero-order valence-corrected chi connectivity index (χ0v) is 17.7. The van der Waals surface area contributed by atoms with Gasteiger partial charge in [0.25, 0.3) is 0 Å². The molecule has 0 bridgehead atoms. The maximum atomic E-state index is 12.3. The Balaban J connectivity index is 1.78. The number of carbonyl (C=O) groups excluding carboxylic acids is 1. The quantitative estimate of drug-likeness (QED) is 0.226. The summed E-state index contributed by atoms with van der Waals surface area (Å²) in [6.45, 7) is 0. The Bertz CT molecular complexity index is 929. The second-order valence-corrected chi connectivity index (χ2v) is 8.50. The highest BCUT2D eigenvalue weighted by Crippen LogP contribution is 2.34. The summed E-state index contributed by atoms with van der Waals surface area (Å²) < 4.78 is 12.5. The monoisotopic (exact) mass is 492 g/mol. The summed E-state index contributed by atoms with van der Waals surface area (Å²) in [4.78, 5) is 12.8. The Labute approximate surface area is 172 Å². The maximum Gasteiger partial charge on any atom is 0.353 e. The van der Waals surface area contributed by atoms with E-state index in [4.69, 9.17) is 9.47 Å². The molecule has 0 saturated carbocycles. The molecule has 3 nitrogen and oxygen atoms in total. The van der Waals surface area contributed by atoms with Gasteiger partial charge in [0.1, 0.15) is 4.88 Å². The first-order valence-electron chi connectivity index (χ1n) is 7.65. The fourth-order valence-electron chi connectivity index (χ4n) is 2.23. The lowest BCUT2D eigenvalue weighted by molar-refractivity contribution is 0.0735. The van der Waals surface area contributed by atoms with Crippen LogP contribution in [0.2, 0.25) is 0 Å². The van der Waals surface area contributed by atoms with Gasteiger partial charge in [0, 0.05) is 4.47 Å². The molecule has 0 aliphatic rings. The molecule has 26 heavy (non-hydrogen) atoms. The van der Waals surface area contributed by atoms with E-state index in [-0.39, 0.29) is 0 Å². The molecular formula is C20H14Br2O3S. The van der Waals surface area contributed by atoms with E-state index in [1.165, 1.54) is 11.3 Å². The van der Waals surface area contributed by atoms with Crippen molar-refractivity contribution in [2.45, 2.75) is 0 Å². The van der Waals surface area contributed by atoms with E-state index in [9.17, 15) is 4.79 Å². The minimum Gasteiger partial charge on any atom is -0.493 e. The number of methoxy groups -OCH3 is 1. The van der Waals surface area contributed by atoms with Crippen LogP contribution in [0.5, 0.6) is 11.5 Å². The number of ether oxygens (including phenoxy) is 2. The predicted octanol–water partition coefficient (Wildman–Crippen LogP) is 6.67. The molecule has 0 saturated heterocycles. The topological polar surface area (TPSA) is 35.5 Å². The Morgan fingerprint density at radius 1 is 0.962 bits per heavy atom. The van der Waals surface area contributed by atoms with Crippen LogP contribution in [0.3, 0.4) is 0 Å². The van der Waals surface area contributed by atoms with Gasteiger partial charge in [-0.2, -0.15) is 0 Å². The molecule has 3 rings (SSSR count). The largest absolute Gasteiger partial charge is 0.493 e. The highest BCUT2D eigenvalue weighted by Gasteiger charge is 2.16. The number of thiophene rings is 1. The van der Waals surface area contributed by atoms with Crippen molar-refractivity contribution >= 4 is 61.3 Å². The average molecular weight is 494 g/mol. The van der Waals surface area contributed by atoms with Gasteiger partial charge in [-0.25, -0.2) is 4.79 Å². The van der Waals surface area contributed by atoms with E-state index in [1.807, 2.05) is 54.6 Å². The van der Waals surface area contributed by atoms with Crippen LogP contribution in [0.15, 0.2) is 62.9 Å². The van der Waals surface area contributed by atoms with Crippen LogP contribution >= 0.6 is 43.2 Å². The van der Waals surface area contributed by atoms with Crippen LogP contribution in [0.25, 0.3) is 12.2 Å². The summed E-state index contributed by atoms with van der Waals surface area (Å²) in [5.74, 6) is 0.463. The van der Waals surface area contributed by atoms with Crippen molar-refractivity contribution in [1.29, 1.82) is 0 Å². The molecule has 132 valence electrons. The van der Waals surface area contributed by atoms with E-state index in [0.29, 0.717) is 16.4 Å². The highest BCUT2D eigenvalue weighted by atomic mass is 79.9. The molecule has 0 spiro atoms. The van der Waals surface area contributed by atoms with Gasteiger partial charge in [-0.3, -0.25) is 0 Å². The third-order valence-corrected chi connectivity index (χ3v) is 6.74. The lowest BCUT2D eigenvalue weighted by Crippen LogP contribution is -2.07. The summed E-state index contributed by atoms with van der Waals surface area (Å²) >= 11 is 8.05. The van der Waals surface area contributed by atoms with Gasteiger partial charge >= 0.3 is 5.97 Å². The number of esters is 1. The number of hydrogen-bond acceptors (Lipinski definition) is 4. The molecule has 0 aliphatic carbocycles. The molecule has 0 unspecified atom stereocenters. The first-order chi connectivity index (χ1) is 12.6. The van der Waals surface area contributed by atoms with Crippen molar-refractivity contribution in [2.75, 3.05) is 7.11 Å². The number of benzene rings is 2. The van der Waals surface area contributed by atoms with E-state index in [1.54, 1.807) is 19.2 Å². The van der Waals surface area contributed by atoms with Crippen LogP contribution in [-0.2, 0) is 0 Å². The van der Waals surface area contributed by atoms with E-state index in [0.717, 1.165) is 19.4 Å². The summed E-state index contributed by atoms with van der Waals surface area (Å²) in [6, 6.07) is 17.2. The number of hydrogen-bond donors (Lipinski definition) is 0. The minimum atomic E-state index is -0.424. The molecule has 2 aromatic carbocycles. The molecule has 3 aromatic rings. The summed E-state index contributed by atoms with van der Waals surface area (Å²) in [5.41, 5.74) is 2.06. The third-order valence-electron chi connectivity index (χ3n) is 3.50. The Morgan fingerprint density at radius 3 is 2.35 bits per heavy atom. The Morgan fingerprint density at radius 2 is 1.69 bits per heavy atom. The van der Waals surface area contributed by atoms with Gasteiger partial charge in [-0.05, 0) is 61.2 Å². The standard InChI is InChI=1S/C20H14Br2O3S/c1-24-17-11-14(8-7-13-5-3-2-4-6-13)9-10-16(17)25-20(23)18-12-15(21)19(22)26-18/h2-12H,1H3/b8-7+. The van der Waals surface area contributed by atoms with E-state index < -0.39 is 5.97 Å². The van der Waals surface area contributed by atoms with Crippen molar-refractivity contribution < 1.29 is 14.3 Å². The van der Waals surface area contributed by atoms with Crippen LogP contribution in [0.1, 0.15) is 20.8 Å². The zero-order chi connectivity index (χ0) is 18.5. The molecular weight excluding hydrogens is 480 g/mol. The van der Waals surface area contributed by atoms with Crippen molar-refractivity contribution in [3.05, 3.63) is 78.9 Å².